The fourth-order valence-electron chi connectivity index (χ4n) is 3.68. The van der Waals surface area contributed by atoms with Gasteiger partial charge in [-0.05, 0) is 36.6 Å². The van der Waals surface area contributed by atoms with E-state index >= 15 is 0 Å². The Kier molecular flexibility index (Phi) is 5.52. The van der Waals surface area contributed by atoms with Gasteiger partial charge in [0.2, 0.25) is 0 Å². The highest BCUT2D eigenvalue weighted by atomic mass is 16.5. The number of nitrogens with zero attached hydrogens (tertiary/aromatic N) is 2. The summed E-state index contributed by atoms with van der Waals surface area (Å²) in [6.07, 6.45) is -0.934. The minimum atomic E-state index is -0.934. The summed E-state index contributed by atoms with van der Waals surface area (Å²) < 4.78 is 5.35. The number of piperazine rings is 1. The molecule has 0 aliphatic carbocycles. The summed E-state index contributed by atoms with van der Waals surface area (Å²) in [5.74, 6) is -0.958. The minimum absolute atomic E-state index is 0.0345. The highest BCUT2D eigenvalue weighted by Crippen LogP contribution is 2.17. The molecule has 1 amide bonds. The van der Waals surface area contributed by atoms with Crippen LogP contribution in [-0.2, 0) is 9.53 Å². The first kappa shape index (κ1) is 19.7. The van der Waals surface area contributed by atoms with Crippen LogP contribution in [0.15, 0.2) is 65.5 Å². The van der Waals surface area contributed by atoms with Gasteiger partial charge in [0.15, 0.2) is 6.10 Å². The molecule has 7 nitrogen and oxygen atoms in total. The van der Waals surface area contributed by atoms with E-state index in [4.69, 9.17) is 4.74 Å². The van der Waals surface area contributed by atoms with Crippen molar-refractivity contribution in [3.05, 3.63) is 76.7 Å². The van der Waals surface area contributed by atoms with Gasteiger partial charge < -0.3 is 19.5 Å². The number of anilines is 1. The summed E-state index contributed by atoms with van der Waals surface area (Å²) in [5, 5.41) is 1.14. The number of amides is 1. The highest BCUT2D eigenvalue weighted by molar-refractivity contribution is 5.94. The quantitative estimate of drug-likeness (QED) is 0.674. The number of aromatic nitrogens is 1. The van der Waals surface area contributed by atoms with E-state index in [0.717, 1.165) is 5.69 Å². The third-order valence-corrected chi connectivity index (χ3v) is 5.32. The molecule has 1 fully saturated rings. The highest BCUT2D eigenvalue weighted by Gasteiger charge is 2.28. The second-order valence-electron chi connectivity index (χ2n) is 7.29. The molecule has 3 aromatic rings. The van der Waals surface area contributed by atoms with Crippen LogP contribution in [0.5, 0.6) is 0 Å². The lowest BCUT2D eigenvalue weighted by Crippen LogP contribution is -2.51. The van der Waals surface area contributed by atoms with Crippen LogP contribution < -0.4 is 10.5 Å². The van der Waals surface area contributed by atoms with E-state index < -0.39 is 12.1 Å². The molecule has 0 bridgehead atoms. The van der Waals surface area contributed by atoms with Crippen LogP contribution >= 0.6 is 0 Å². The monoisotopic (exact) mass is 405 g/mol. The molecule has 154 valence electrons. The van der Waals surface area contributed by atoms with Crippen LogP contribution in [0.2, 0.25) is 0 Å². The third kappa shape index (κ3) is 4.05. The molecule has 30 heavy (non-hydrogen) atoms. The topological polar surface area (TPSA) is 82.7 Å². The number of H-pyrrole nitrogens is 1. The number of nitrogens with one attached hydrogen (secondary N) is 1. The normalized spacial score (nSPS) is 15.1. The van der Waals surface area contributed by atoms with Gasteiger partial charge in [0.25, 0.3) is 11.5 Å². The van der Waals surface area contributed by atoms with E-state index in [2.05, 4.69) is 9.88 Å². The zero-order valence-electron chi connectivity index (χ0n) is 16.7. The number of esters is 1. The molecule has 7 heteroatoms. The first-order valence-electron chi connectivity index (χ1n) is 9.95. The van der Waals surface area contributed by atoms with E-state index in [-0.39, 0.29) is 17.2 Å². The van der Waals surface area contributed by atoms with Crippen LogP contribution in [0, 0.1) is 0 Å². The van der Waals surface area contributed by atoms with E-state index in [1.807, 2.05) is 30.3 Å². The number of aromatic amines is 1. The molecule has 2 heterocycles. The zero-order chi connectivity index (χ0) is 21.1. The lowest BCUT2D eigenvalue weighted by atomic mass is 10.1. The number of ether oxygens (including phenoxy) is 1. The van der Waals surface area contributed by atoms with Gasteiger partial charge in [-0.3, -0.25) is 9.59 Å². The van der Waals surface area contributed by atoms with Gasteiger partial charge in [0, 0.05) is 37.3 Å². The van der Waals surface area contributed by atoms with Gasteiger partial charge in [-0.25, -0.2) is 4.79 Å². The second kappa shape index (κ2) is 8.41. The Balaban J connectivity index is 1.38. The molecule has 0 radical (unpaired) electrons. The molecule has 1 aromatic heterocycles. The molecule has 1 aliphatic heterocycles. The van der Waals surface area contributed by atoms with Gasteiger partial charge in [-0.15, -0.1) is 0 Å². The van der Waals surface area contributed by atoms with Gasteiger partial charge in [-0.1, -0.05) is 36.4 Å². The van der Waals surface area contributed by atoms with Crippen LogP contribution in [0.25, 0.3) is 10.8 Å². The average Bonchev–Trinajstić information content (AvgIpc) is 2.79. The summed E-state index contributed by atoms with van der Waals surface area (Å²) in [6.45, 7) is 4.11. The maximum atomic E-state index is 12.7. The van der Waals surface area contributed by atoms with Crippen molar-refractivity contribution in [2.75, 3.05) is 31.1 Å². The molecule has 2 aromatic carbocycles. The Hall–Kier alpha value is -3.61. The Morgan fingerprint density at radius 2 is 1.63 bits per heavy atom. The number of carbonyl (C=O) groups is 2. The SMILES string of the molecule is C[C@@H](OC(=O)c1cc2ccccc2c(=O)[nH]1)C(=O)N1CCN(c2ccccc2)CC1. The van der Waals surface area contributed by atoms with Gasteiger partial charge in [-0.2, -0.15) is 0 Å². The standard InChI is InChI=1S/C23H23N3O4/c1-16(22(28)26-13-11-25(12-14-26)18-8-3-2-4-9-18)30-23(29)20-15-17-7-5-6-10-19(17)21(27)24-20/h2-10,15-16H,11-14H2,1H3,(H,24,27)/t16-/m1/s1. The number of para-hydroxylation sites is 1. The van der Waals surface area contributed by atoms with E-state index in [0.29, 0.717) is 37.0 Å². The lowest BCUT2D eigenvalue weighted by Gasteiger charge is -2.37. The van der Waals surface area contributed by atoms with Crippen molar-refractivity contribution in [3.63, 3.8) is 0 Å². The first-order chi connectivity index (χ1) is 14.5. The molecule has 0 unspecified atom stereocenters. The van der Waals surface area contributed by atoms with Crippen molar-refractivity contribution in [1.29, 1.82) is 0 Å². The molecule has 0 saturated carbocycles. The third-order valence-electron chi connectivity index (χ3n) is 5.32. The Morgan fingerprint density at radius 1 is 0.967 bits per heavy atom. The van der Waals surface area contributed by atoms with Crippen LogP contribution in [0.1, 0.15) is 17.4 Å². The number of pyridine rings is 1. The van der Waals surface area contributed by atoms with Crippen molar-refractivity contribution in [2.24, 2.45) is 0 Å². The number of carbonyl (C=O) groups excluding carboxylic acids is 2. The van der Waals surface area contributed by atoms with Crippen LogP contribution in [0.3, 0.4) is 0 Å². The summed E-state index contributed by atoms with van der Waals surface area (Å²) in [5.41, 5.74) is 0.799. The minimum Gasteiger partial charge on any atom is -0.448 e. The molecule has 4 rings (SSSR count). The number of rotatable bonds is 4. The van der Waals surface area contributed by atoms with E-state index in [1.165, 1.54) is 0 Å². The number of fused-ring (bicyclic) bond motifs is 1. The Bertz CT molecular complexity index is 1120. The van der Waals surface area contributed by atoms with Crippen molar-refractivity contribution in [2.45, 2.75) is 13.0 Å². The second-order valence-corrected chi connectivity index (χ2v) is 7.29. The zero-order valence-corrected chi connectivity index (χ0v) is 16.7. The van der Waals surface area contributed by atoms with E-state index in [9.17, 15) is 14.4 Å². The lowest BCUT2D eigenvalue weighted by molar-refractivity contribution is -0.140. The predicted octanol–water partition coefficient (Wildman–Crippen LogP) is 2.42. The Morgan fingerprint density at radius 3 is 2.37 bits per heavy atom. The van der Waals surface area contributed by atoms with E-state index in [1.54, 1.807) is 42.2 Å². The molecule has 1 N–H and O–H groups in total. The summed E-state index contributed by atoms with van der Waals surface area (Å²) in [7, 11) is 0. The fourth-order valence-corrected chi connectivity index (χ4v) is 3.68. The van der Waals surface area contributed by atoms with Crippen molar-refractivity contribution >= 4 is 28.3 Å². The van der Waals surface area contributed by atoms with Crippen LogP contribution in [0.4, 0.5) is 5.69 Å². The summed E-state index contributed by atoms with van der Waals surface area (Å²) in [4.78, 5) is 43.9. The number of hydrogen-bond acceptors (Lipinski definition) is 5. The maximum Gasteiger partial charge on any atom is 0.355 e. The van der Waals surface area contributed by atoms with Gasteiger partial charge in [0.1, 0.15) is 5.69 Å². The first-order valence-corrected chi connectivity index (χ1v) is 9.95. The summed E-state index contributed by atoms with van der Waals surface area (Å²) in [6, 6.07) is 18.6. The molecule has 0 spiro atoms. The predicted molar refractivity (Wildman–Crippen MR) is 115 cm³/mol. The van der Waals surface area contributed by atoms with Crippen molar-refractivity contribution < 1.29 is 14.3 Å². The number of benzene rings is 2. The fraction of sp³-hybridized carbons (Fsp3) is 0.261. The van der Waals surface area contributed by atoms with Gasteiger partial charge >= 0.3 is 5.97 Å². The van der Waals surface area contributed by atoms with Crippen LogP contribution in [-0.4, -0.2) is 54.0 Å². The molecular formula is C23H23N3O4. The Labute approximate surface area is 173 Å². The molecule has 1 saturated heterocycles. The maximum absolute atomic E-state index is 12.7. The molecule has 1 aliphatic rings. The average molecular weight is 405 g/mol. The molecular weight excluding hydrogens is 382 g/mol. The summed E-state index contributed by atoms with van der Waals surface area (Å²) >= 11 is 0. The number of hydrogen-bond donors (Lipinski definition) is 1. The van der Waals surface area contributed by atoms with Crippen molar-refractivity contribution in [1.82, 2.24) is 9.88 Å². The van der Waals surface area contributed by atoms with Gasteiger partial charge in [0.05, 0.1) is 0 Å². The molecule has 1 atom stereocenters. The smallest absolute Gasteiger partial charge is 0.355 e. The van der Waals surface area contributed by atoms with Crippen molar-refractivity contribution in [3.8, 4) is 0 Å². The largest absolute Gasteiger partial charge is 0.448 e.